The van der Waals surface area contributed by atoms with Crippen LogP contribution in [0.15, 0.2) is 72.8 Å². The first-order valence-electron chi connectivity index (χ1n) is 12.0. The van der Waals surface area contributed by atoms with Gasteiger partial charge in [-0.25, -0.2) is 4.79 Å². The van der Waals surface area contributed by atoms with Gasteiger partial charge in [-0.05, 0) is 73.6 Å². The van der Waals surface area contributed by atoms with Crippen molar-refractivity contribution in [1.82, 2.24) is 5.32 Å². The van der Waals surface area contributed by atoms with E-state index in [4.69, 9.17) is 9.47 Å². The number of carboxylic acid groups (broad SMARTS) is 1. The van der Waals surface area contributed by atoms with Crippen LogP contribution in [0.25, 0.3) is 11.1 Å². The molecule has 3 aromatic carbocycles. The van der Waals surface area contributed by atoms with Crippen LogP contribution < -0.4 is 14.8 Å². The van der Waals surface area contributed by atoms with E-state index in [2.05, 4.69) is 5.32 Å². The summed E-state index contributed by atoms with van der Waals surface area (Å²) in [5, 5.41) is 12.3. The van der Waals surface area contributed by atoms with Crippen molar-refractivity contribution in [1.29, 1.82) is 0 Å². The van der Waals surface area contributed by atoms with Gasteiger partial charge >= 0.3 is 5.97 Å². The molecule has 0 spiro atoms. The number of carbonyl (C=O) groups excluding carboxylic acids is 1. The minimum absolute atomic E-state index is 0.350. The lowest BCUT2D eigenvalue weighted by Gasteiger charge is -2.19. The Labute approximate surface area is 217 Å². The summed E-state index contributed by atoms with van der Waals surface area (Å²) in [5.41, 5.74) is 2.94. The van der Waals surface area contributed by atoms with Gasteiger partial charge in [0.05, 0.1) is 18.8 Å². The van der Waals surface area contributed by atoms with E-state index in [1.165, 1.54) is 0 Å². The summed E-state index contributed by atoms with van der Waals surface area (Å²) in [7, 11) is 0. The van der Waals surface area contributed by atoms with Crippen molar-refractivity contribution >= 4 is 23.6 Å². The summed E-state index contributed by atoms with van der Waals surface area (Å²) in [6, 6.07) is 21.8. The first-order valence-corrected chi connectivity index (χ1v) is 13.4. The number of rotatable bonds is 14. The highest BCUT2D eigenvalue weighted by Gasteiger charge is 2.24. The van der Waals surface area contributed by atoms with Crippen molar-refractivity contribution in [3.63, 3.8) is 0 Å². The van der Waals surface area contributed by atoms with Gasteiger partial charge in [0, 0.05) is 5.56 Å². The van der Waals surface area contributed by atoms with Crippen molar-refractivity contribution in [3.05, 3.63) is 83.9 Å². The van der Waals surface area contributed by atoms with Gasteiger partial charge in [0.25, 0.3) is 5.91 Å². The molecule has 3 aromatic rings. The number of carboxylic acids is 1. The molecule has 0 aliphatic rings. The lowest BCUT2D eigenvalue weighted by molar-refractivity contribution is -0.139. The molecular weight excluding hydrogens is 474 g/mol. The Balaban J connectivity index is 1.75. The number of ether oxygens (including phenoxy) is 2. The predicted octanol–water partition coefficient (Wildman–Crippen LogP) is 5.84. The van der Waals surface area contributed by atoms with Gasteiger partial charge in [-0.3, -0.25) is 4.79 Å². The lowest BCUT2D eigenvalue weighted by Crippen LogP contribution is -2.41. The van der Waals surface area contributed by atoms with Gasteiger partial charge in [-0.2, -0.15) is 11.8 Å². The van der Waals surface area contributed by atoms with E-state index in [-0.39, 0.29) is 0 Å². The van der Waals surface area contributed by atoms with E-state index in [0.717, 1.165) is 29.7 Å². The molecule has 0 aliphatic heterocycles. The molecule has 0 saturated heterocycles. The Kier molecular flexibility index (Phi) is 10.7. The number of hydrogen-bond donors (Lipinski definition) is 2. The van der Waals surface area contributed by atoms with Gasteiger partial charge in [-0.15, -0.1) is 0 Å². The molecule has 3 rings (SSSR count). The summed E-state index contributed by atoms with van der Waals surface area (Å²) in [6.45, 7) is 3.04. The van der Waals surface area contributed by atoms with Crippen LogP contribution in [0.1, 0.15) is 35.2 Å². The summed E-state index contributed by atoms with van der Waals surface area (Å²) >= 11 is 1.54. The zero-order valence-corrected chi connectivity index (χ0v) is 21.6. The topological polar surface area (TPSA) is 84.9 Å². The molecule has 0 saturated carbocycles. The Bertz CT molecular complexity index is 1140. The van der Waals surface area contributed by atoms with Crippen LogP contribution in [0.2, 0.25) is 0 Å². The number of aryl methyl sites for hydroxylation is 1. The number of benzene rings is 3. The first-order chi connectivity index (χ1) is 17.5. The van der Waals surface area contributed by atoms with E-state index >= 15 is 0 Å². The molecular formula is C29H33NO5S. The molecule has 6 nitrogen and oxygen atoms in total. The predicted molar refractivity (Wildman–Crippen MR) is 145 cm³/mol. The third kappa shape index (κ3) is 7.78. The van der Waals surface area contributed by atoms with Crippen LogP contribution in [-0.4, -0.2) is 48.2 Å². The maximum atomic E-state index is 13.3. The van der Waals surface area contributed by atoms with Crippen LogP contribution in [0.4, 0.5) is 0 Å². The third-order valence-electron chi connectivity index (χ3n) is 5.71. The zero-order valence-electron chi connectivity index (χ0n) is 20.7. The second kappa shape index (κ2) is 14.2. The fourth-order valence-corrected chi connectivity index (χ4v) is 4.27. The zero-order chi connectivity index (χ0) is 25.8. The summed E-state index contributed by atoms with van der Waals surface area (Å²) in [4.78, 5) is 25.0. The summed E-state index contributed by atoms with van der Waals surface area (Å²) in [6.07, 6.45) is 3.87. The van der Waals surface area contributed by atoms with Crippen molar-refractivity contribution in [3.8, 4) is 22.6 Å². The smallest absolute Gasteiger partial charge is 0.326 e. The highest BCUT2D eigenvalue weighted by molar-refractivity contribution is 7.98. The van der Waals surface area contributed by atoms with Crippen LogP contribution in [0, 0.1) is 6.92 Å². The normalized spacial score (nSPS) is 11.5. The number of nitrogens with one attached hydrogen (secondary N) is 1. The van der Waals surface area contributed by atoms with Crippen LogP contribution in [0.3, 0.4) is 0 Å². The Morgan fingerprint density at radius 3 is 2.31 bits per heavy atom. The molecule has 36 heavy (non-hydrogen) atoms. The van der Waals surface area contributed by atoms with Gasteiger partial charge in [0.15, 0.2) is 0 Å². The minimum atomic E-state index is -1.04. The molecule has 2 N–H and O–H groups in total. The highest BCUT2D eigenvalue weighted by Crippen LogP contribution is 2.36. The molecule has 1 unspecified atom stereocenters. The van der Waals surface area contributed by atoms with Crippen molar-refractivity contribution < 1.29 is 24.2 Å². The molecule has 190 valence electrons. The average molecular weight is 508 g/mol. The number of aliphatic carboxylic acids is 1. The number of amides is 1. The largest absolute Gasteiger partial charge is 0.494 e. The number of unbranched alkanes of at least 4 members (excludes halogenated alkanes) is 1. The van der Waals surface area contributed by atoms with Crippen molar-refractivity contribution in [2.24, 2.45) is 0 Å². The van der Waals surface area contributed by atoms with E-state index in [1.54, 1.807) is 23.9 Å². The number of thioether (sulfide) groups is 1. The number of hydrogen-bond acceptors (Lipinski definition) is 5. The molecule has 0 radical (unpaired) electrons. The van der Waals surface area contributed by atoms with Gasteiger partial charge in [-0.1, -0.05) is 48.5 Å². The first kappa shape index (κ1) is 27.1. The third-order valence-corrected chi connectivity index (χ3v) is 6.35. The lowest BCUT2D eigenvalue weighted by atomic mass is 9.94. The van der Waals surface area contributed by atoms with Crippen LogP contribution in [-0.2, 0) is 4.79 Å². The van der Waals surface area contributed by atoms with Crippen molar-refractivity contribution in [2.75, 3.05) is 25.2 Å². The SMILES string of the molecule is CSCCC(NC(=O)c1cccc(OCCCCOc2ccccc2)c1-c1ccccc1C)C(=O)O. The quantitative estimate of drug-likeness (QED) is 0.267. The number of para-hydroxylation sites is 1. The standard InChI is InChI=1S/C29H33NO5S/c1-21-11-6-7-14-23(21)27-24(28(31)30-25(29(32)33)17-20-36-2)15-10-16-26(27)35-19-9-8-18-34-22-12-4-3-5-13-22/h3-7,10-16,25H,8-9,17-20H2,1-2H3,(H,30,31)(H,32,33). The van der Waals surface area contributed by atoms with E-state index in [9.17, 15) is 14.7 Å². The maximum absolute atomic E-state index is 13.3. The molecule has 0 heterocycles. The van der Waals surface area contributed by atoms with Gasteiger partial charge in [0.1, 0.15) is 17.5 Å². The minimum Gasteiger partial charge on any atom is -0.494 e. The fourth-order valence-electron chi connectivity index (χ4n) is 3.79. The fraction of sp³-hybridized carbons (Fsp3) is 0.310. The maximum Gasteiger partial charge on any atom is 0.326 e. The molecule has 7 heteroatoms. The molecule has 0 fully saturated rings. The van der Waals surface area contributed by atoms with Crippen LogP contribution in [0.5, 0.6) is 11.5 Å². The monoisotopic (exact) mass is 507 g/mol. The number of carbonyl (C=O) groups is 2. The Hall–Kier alpha value is -3.45. The van der Waals surface area contributed by atoms with E-state index in [1.807, 2.05) is 73.8 Å². The highest BCUT2D eigenvalue weighted by atomic mass is 32.2. The van der Waals surface area contributed by atoms with Gasteiger partial charge in [0.2, 0.25) is 0 Å². The van der Waals surface area contributed by atoms with Gasteiger partial charge < -0.3 is 19.9 Å². The van der Waals surface area contributed by atoms with Crippen LogP contribution >= 0.6 is 11.8 Å². The Morgan fingerprint density at radius 1 is 0.917 bits per heavy atom. The summed E-state index contributed by atoms with van der Waals surface area (Å²) < 4.78 is 11.9. The van der Waals surface area contributed by atoms with E-state index < -0.39 is 17.9 Å². The molecule has 0 aromatic heterocycles. The molecule has 0 bridgehead atoms. The van der Waals surface area contributed by atoms with Crippen molar-refractivity contribution in [2.45, 2.75) is 32.2 Å². The second-order valence-electron chi connectivity index (χ2n) is 8.36. The average Bonchev–Trinajstić information content (AvgIpc) is 2.89. The second-order valence-corrected chi connectivity index (χ2v) is 9.34. The van der Waals surface area contributed by atoms with E-state index in [0.29, 0.717) is 42.3 Å². The molecule has 1 amide bonds. The summed E-state index contributed by atoms with van der Waals surface area (Å²) in [5.74, 6) is 0.607. The Morgan fingerprint density at radius 2 is 1.61 bits per heavy atom. The molecule has 0 aliphatic carbocycles. The molecule has 1 atom stereocenters.